The highest BCUT2D eigenvalue weighted by Gasteiger charge is 2.40. The number of carbonyl (C=O) groups excluding carboxylic acids is 2. The van der Waals surface area contributed by atoms with Gasteiger partial charge in [-0.1, -0.05) is 19.1 Å². The van der Waals surface area contributed by atoms with Crippen molar-refractivity contribution in [3.8, 4) is 5.75 Å². The van der Waals surface area contributed by atoms with Crippen molar-refractivity contribution in [2.45, 2.75) is 25.9 Å². The van der Waals surface area contributed by atoms with E-state index < -0.39 is 0 Å². The second kappa shape index (κ2) is 8.08. The second-order valence-electron chi connectivity index (χ2n) is 7.53. The molecule has 2 aliphatic rings. The van der Waals surface area contributed by atoms with Crippen LogP contribution in [0.1, 0.15) is 18.9 Å². The van der Waals surface area contributed by atoms with Gasteiger partial charge < -0.3 is 19.4 Å². The summed E-state index contributed by atoms with van der Waals surface area (Å²) < 4.78 is 5.97. The van der Waals surface area contributed by atoms with E-state index in [4.69, 9.17) is 4.74 Å². The van der Waals surface area contributed by atoms with Crippen molar-refractivity contribution in [1.82, 2.24) is 14.7 Å². The molecular formula is C20H29N3O3. The van der Waals surface area contributed by atoms with Crippen LogP contribution in [-0.2, 0) is 16.0 Å². The quantitative estimate of drug-likeness (QED) is 0.735. The van der Waals surface area contributed by atoms with Gasteiger partial charge in [-0.2, -0.15) is 0 Å². The van der Waals surface area contributed by atoms with Crippen LogP contribution in [0.5, 0.6) is 5.75 Å². The molecule has 6 nitrogen and oxygen atoms in total. The van der Waals surface area contributed by atoms with E-state index in [0.29, 0.717) is 32.6 Å². The number of nitrogens with zero attached hydrogens (tertiary/aromatic N) is 3. The van der Waals surface area contributed by atoms with E-state index in [1.807, 2.05) is 40.9 Å². The lowest BCUT2D eigenvalue weighted by Gasteiger charge is -2.40. The van der Waals surface area contributed by atoms with Gasteiger partial charge in [0.2, 0.25) is 11.8 Å². The van der Waals surface area contributed by atoms with Crippen LogP contribution >= 0.6 is 0 Å². The van der Waals surface area contributed by atoms with Gasteiger partial charge in [-0.3, -0.25) is 9.59 Å². The lowest BCUT2D eigenvalue weighted by molar-refractivity contribution is -0.144. The van der Waals surface area contributed by atoms with Crippen molar-refractivity contribution >= 4 is 11.8 Å². The van der Waals surface area contributed by atoms with E-state index >= 15 is 0 Å². The topological polar surface area (TPSA) is 53.1 Å². The van der Waals surface area contributed by atoms with Crippen LogP contribution in [0.4, 0.5) is 0 Å². The first-order valence-electron chi connectivity index (χ1n) is 9.43. The van der Waals surface area contributed by atoms with E-state index in [-0.39, 0.29) is 23.8 Å². The maximum atomic E-state index is 12.6. The monoisotopic (exact) mass is 359 g/mol. The van der Waals surface area contributed by atoms with Gasteiger partial charge in [-0.15, -0.1) is 0 Å². The number of likely N-dealkylation sites (tertiary alicyclic amines) is 2. The molecule has 2 saturated heterocycles. The Labute approximate surface area is 155 Å². The SMILES string of the molecule is CCc1cccc(OC2CN(C(=O)[C@@H]3CC(=O)N(CCN(C)C)C3)C2)c1. The first-order valence-corrected chi connectivity index (χ1v) is 9.43. The molecule has 1 aromatic carbocycles. The highest BCUT2D eigenvalue weighted by molar-refractivity contribution is 5.89. The third kappa shape index (κ3) is 4.36. The third-order valence-electron chi connectivity index (χ3n) is 5.15. The predicted molar refractivity (Wildman–Crippen MR) is 100 cm³/mol. The van der Waals surface area contributed by atoms with Gasteiger partial charge in [0.15, 0.2) is 0 Å². The molecule has 0 aliphatic carbocycles. The van der Waals surface area contributed by atoms with Crippen LogP contribution in [0.2, 0.25) is 0 Å². The first kappa shape index (κ1) is 18.7. The van der Waals surface area contributed by atoms with Crippen molar-refractivity contribution < 1.29 is 14.3 Å². The summed E-state index contributed by atoms with van der Waals surface area (Å²) in [6, 6.07) is 8.11. The zero-order chi connectivity index (χ0) is 18.7. The average molecular weight is 359 g/mol. The zero-order valence-electron chi connectivity index (χ0n) is 16.0. The van der Waals surface area contributed by atoms with Gasteiger partial charge in [0.05, 0.1) is 19.0 Å². The Morgan fingerprint density at radius 3 is 2.73 bits per heavy atom. The van der Waals surface area contributed by atoms with Crippen molar-refractivity contribution in [2.75, 3.05) is 46.8 Å². The van der Waals surface area contributed by atoms with E-state index in [1.165, 1.54) is 5.56 Å². The van der Waals surface area contributed by atoms with Gasteiger partial charge in [0.25, 0.3) is 0 Å². The van der Waals surface area contributed by atoms with Crippen LogP contribution in [0.15, 0.2) is 24.3 Å². The fourth-order valence-electron chi connectivity index (χ4n) is 3.46. The highest BCUT2D eigenvalue weighted by atomic mass is 16.5. The molecule has 0 aromatic heterocycles. The standard InChI is InChI=1S/C20H29N3O3/c1-4-15-6-5-7-17(10-15)26-18-13-23(14-18)20(25)16-11-19(24)22(12-16)9-8-21(2)3/h5-7,10,16,18H,4,8-9,11-14H2,1-3H3/t16-/m1/s1. The fraction of sp³-hybridized carbons (Fsp3) is 0.600. The van der Waals surface area contributed by atoms with Crippen LogP contribution < -0.4 is 4.74 Å². The number of likely N-dealkylation sites (N-methyl/N-ethyl adjacent to an activating group) is 1. The Kier molecular flexibility index (Phi) is 5.81. The van der Waals surface area contributed by atoms with Gasteiger partial charge in [0.1, 0.15) is 11.9 Å². The summed E-state index contributed by atoms with van der Waals surface area (Å²) in [5.41, 5.74) is 1.25. The predicted octanol–water partition coefficient (Wildman–Crippen LogP) is 1.25. The minimum Gasteiger partial charge on any atom is -0.487 e. The van der Waals surface area contributed by atoms with Gasteiger partial charge >= 0.3 is 0 Å². The molecule has 26 heavy (non-hydrogen) atoms. The number of carbonyl (C=O) groups is 2. The molecule has 6 heteroatoms. The maximum Gasteiger partial charge on any atom is 0.228 e. The molecule has 1 atom stereocenters. The number of hydrogen-bond donors (Lipinski definition) is 0. The van der Waals surface area contributed by atoms with Gasteiger partial charge in [-0.25, -0.2) is 0 Å². The van der Waals surface area contributed by atoms with Crippen LogP contribution in [-0.4, -0.2) is 79.4 Å². The van der Waals surface area contributed by atoms with Gasteiger partial charge in [-0.05, 0) is 38.2 Å². The molecule has 142 valence electrons. The lowest BCUT2D eigenvalue weighted by atomic mass is 10.0. The second-order valence-corrected chi connectivity index (χ2v) is 7.53. The molecule has 2 fully saturated rings. The summed E-state index contributed by atoms with van der Waals surface area (Å²) in [6.45, 7) is 5.40. The summed E-state index contributed by atoms with van der Waals surface area (Å²) in [7, 11) is 3.97. The fourth-order valence-corrected chi connectivity index (χ4v) is 3.46. The average Bonchev–Trinajstić information content (AvgIpc) is 2.96. The molecule has 2 aliphatic heterocycles. The summed E-state index contributed by atoms with van der Waals surface area (Å²) in [5, 5.41) is 0. The number of rotatable bonds is 7. The lowest BCUT2D eigenvalue weighted by Crippen LogP contribution is -2.57. The largest absolute Gasteiger partial charge is 0.487 e. The summed E-state index contributed by atoms with van der Waals surface area (Å²) in [6.07, 6.45) is 1.37. The Morgan fingerprint density at radius 1 is 1.27 bits per heavy atom. The van der Waals surface area contributed by atoms with E-state index in [2.05, 4.69) is 19.1 Å². The Morgan fingerprint density at radius 2 is 2.04 bits per heavy atom. The Bertz CT molecular complexity index is 655. The van der Waals surface area contributed by atoms with Crippen molar-refractivity contribution in [2.24, 2.45) is 5.92 Å². The molecule has 0 unspecified atom stereocenters. The number of aryl methyl sites for hydroxylation is 1. The summed E-state index contributed by atoms with van der Waals surface area (Å²) in [5.74, 6) is 0.851. The molecule has 0 spiro atoms. The van der Waals surface area contributed by atoms with Crippen molar-refractivity contribution in [3.63, 3.8) is 0 Å². The number of hydrogen-bond acceptors (Lipinski definition) is 4. The van der Waals surface area contributed by atoms with E-state index in [9.17, 15) is 9.59 Å². The molecule has 0 N–H and O–H groups in total. The Balaban J connectivity index is 1.45. The van der Waals surface area contributed by atoms with Crippen LogP contribution in [0, 0.1) is 5.92 Å². The molecular weight excluding hydrogens is 330 g/mol. The number of benzene rings is 1. The summed E-state index contributed by atoms with van der Waals surface area (Å²) in [4.78, 5) is 30.4. The van der Waals surface area contributed by atoms with Crippen molar-refractivity contribution in [3.05, 3.63) is 29.8 Å². The molecule has 2 amide bonds. The maximum absolute atomic E-state index is 12.6. The minimum absolute atomic E-state index is 0.0491. The molecule has 0 bridgehead atoms. The van der Waals surface area contributed by atoms with Crippen molar-refractivity contribution in [1.29, 1.82) is 0 Å². The zero-order valence-corrected chi connectivity index (χ0v) is 16.0. The van der Waals surface area contributed by atoms with Crippen LogP contribution in [0.3, 0.4) is 0 Å². The summed E-state index contributed by atoms with van der Waals surface area (Å²) >= 11 is 0. The molecule has 0 saturated carbocycles. The molecule has 1 aromatic rings. The highest BCUT2D eigenvalue weighted by Crippen LogP contribution is 2.25. The molecule has 3 rings (SSSR count). The Hall–Kier alpha value is -2.08. The normalized spacial score (nSPS) is 20.6. The third-order valence-corrected chi connectivity index (χ3v) is 5.15. The van der Waals surface area contributed by atoms with E-state index in [0.717, 1.165) is 18.7 Å². The van der Waals surface area contributed by atoms with E-state index in [1.54, 1.807) is 0 Å². The number of ether oxygens (including phenoxy) is 1. The van der Waals surface area contributed by atoms with Gasteiger partial charge in [0, 0.05) is 26.1 Å². The minimum atomic E-state index is -0.200. The number of amides is 2. The molecule has 2 heterocycles. The van der Waals surface area contributed by atoms with Crippen LogP contribution in [0.25, 0.3) is 0 Å². The molecule has 0 radical (unpaired) electrons. The first-order chi connectivity index (χ1) is 12.5. The smallest absolute Gasteiger partial charge is 0.228 e.